The number of carbonyl (C=O) groups is 1. The average Bonchev–Trinajstić information content (AvgIpc) is 2.77. The van der Waals surface area contributed by atoms with Crippen molar-refractivity contribution in [2.24, 2.45) is 4.99 Å². The SMILES string of the molecule is O=C(CC(F)(F)F)N=c1sccn1Cc1ccccc1Cl. The molecule has 1 aromatic carbocycles. The molecule has 0 saturated carbocycles. The molecular weight excluding hydrogens is 325 g/mol. The fourth-order valence-corrected chi connectivity index (χ4v) is 2.58. The van der Waals surface area contributed by atoms with E-state index in [-0.39, 0.29) is 4.80 Å². The van der Waals surface area contributed by atoms with Crippen molar-refractivity contribution in [3.63, 3.8) is 0 Å². The van der Waals surface area contributed by atoms with Crippen LogP contribution in [-0.4, -0.2) is 16.7 Å². The van der Waals surface area contributed by atoms with Crippen LogP contribution in [0.2, 0.25) is 5.02 Å². The molecule has 0 bridgehead atoms. The maximum Gasteiger partial charge on any atom is 0.397 e. The summed E-state index contributed by atoms with van der Waals surface area (Å²) in [7, 11) is 0. The van der Waals surface area contributed by atoms with Gasteiger partial charge >= 0.3 is 6.18 Å². The predicted octanol–water partition coefficient (Wildman–Crippen LogP) is 3.63. The molecule has 0 radical (unpaired) electrons. The summed E-state index contributed by atoms with van der Waals surface area (Å²) in [6, 6.07) is 7.10. The molecule has 0 aliphatic heterocycles. The van der Waals surface area contributed by atoms with Gasteiger partial charge in [0.15, 0.2) is 4.80 Å². The zero-order chi connectivity index (χ0) is 15.5. The van der Waals surface area contributed by atoms with E-state index >= 15 is 0 Å². The standard InChI is InChI=1S/C13H10ClF3N2OS/c14-10-4-2-1-3-9(10)8-19-5-6-21-12(19)18-11(20)7-13(15,16)17/h1-6H,7-8H2. The second-order valence-electron chi connectivity index (χ2n) is 4.20. The van der Waals surface area contributed by atoms with Crippen LogP contribution in [-0.2, 0) is 11.3 Å². The minimum atomic E-state index is -4.55. The molecule has 112 valence electrons. The van der Waals surface area contributed by atoms with E-state index in [1.54, 1.807) is 40.4 Å². The van der Waals surface area contributed by atoms with Crippen LogP contribution in [0.3, 0.4) is 0 Å². The number of thiazole rings is 1. The Morgan fingerprint density at radius 2 is 2.05 bits per heavy atom. The first kappa shape index (κ1) is 15.8. The fraction of sp³-hybridized carbons (Fsp3) is 0.231. The lowest BCUT2D eigenvalue weighted by molar-refractivity contribution is -0.151. The van der Waals surface area contributed by atoms with E-state index in [4.69, 9.17) is 11.6 Å². The largest absolute Gasteiger partial charge is 0.397 e. The number of carbonyl (C=O) groups excluding carboxylic acids is 1. The van der Waals surface area contributed by atoms with Gasteiger partial charge in [-0.05, 0) is 11.6 Å². The Labute approximate surface area is 127 Å². The van der Waals surface area contributed by atoms with Gasteiger partial charge in [-0.2, -0.15) is 18.2 Å². The minimum absolute atomic E-state index is 0.212. The molecule has 0 fully saturated rings. The smallest absolute Gasteiger partial charge is 0.319 e. The Morgan fingerprint density at radius 1 is 1.33 bits per heavy atom. The van der Waals surface area contributed by atoms with Crippen molar-refractivity contribution in [1.29, 1.82) is 0 Å². The van der Waals surface area contributed by atoms with Crippen molar-refractivity contribution in [3.8, 4) is 0 Å². The number of rotatable bonds is 3. The Kier molecular flexibility index (Phi) is 4.84. The highest BCUT2D eigenvalue weighted by molar-refractivity contribution is 7.07. The van der Waals surface area contributed by atoms with Crippen LogP contribution in [0.1, 0.15) is 12.0 Å². The van der Waals surface area contributed by atoms with Crippen molar-refractivity contribution < 1.29 is 18.0 Å². The van der Waals surface area contributed by atoms with Gasteiger partial charge in [0, 0.05) is 16.6 Å². The van der Waals surface area contributed by atoms with Crippen molar-refractivity contribution >= 4 is 28.8 Å². The number of alkyl halides is 3. The van der Waals surface area contributed by atoms with Gasteiger partial charge in [0.05, 0.1) is 6.54 Å². The topological polar surface area (TPSA) is 34.4 Å². The Morgan fingerprint density at radius 3 is 2.71 bits per heavy atom. The highest BCUT2D eigenvalue weighted by Crippen LogP contribution is 2.20. The number of hydrogen-bond acceptors (Lipinski definition) is 2. The Hall–Kier alpha value is -1.60. The first-order valence-corrected chi connectivity index (χ1v) is 7.12. The van der Waals surface area contributed by atoms with E-state index in [1.807, 2.05) is 0 Å². The lowest BCUT2D eigenvalue weighted by atomic mass is 10.2. The van der Waals surface area contributed by atoms with Crippen LogP contribution in [0.4, 0.5) is 13.2 Å². The average molecular weight is 335 g/mol. The highest BCUT2D eigenvalue weighted by atomic mass is 35.5. The monoisotopic (exact) mass is 334 g/mol. The van der Waals surface area contributed by atoms with Gasteiger partial charge in [0.25, 0.3) is 5.91 Å². The summed E-state index contributed by atoms with van der Waals surface area (Å²) in [5.41, 5.74) is 0.794. The highest BCUT2D eigenvalue weighted by Gasteiger charge is 2.31. The molecule has 2 rings (SSSR count). The van der Waals surface area contributed by atoms with Crippen molar-refractivity contribution in [2.45, 2.75) is 19.1 Å². The van der Waals surface area contributed by atoms with E-state index in [2.05, 4.69) is 4.99 Å². The molecular formula is C13H10ClF3N2OS. The van der Waals surface area contributed by atoms with Crippen LogP contribution in [0.15, 0.2) is 40.8 Å². The number of aromatic nitrogens is 1. The maximum absolute atomic E-state index is 12.1. The molecule has 1 aromatic heterocycles. The van der Waals surface area contributed by atoms with Crippen LogP contribution >= 0.6 is 22.9 Å². The van der Waals surface area contributed by atoms with Crippen LogP contribution in [0.25, 0.3) is 0 Å². The molecule has 1 amide bonds. The van der Waals surface area contributed by atoms with Gasteiger partial charge in [0.2, 0.25) is 0 Å². The third-order valence-electron chi connectivity index (χ3n) is 2.53. The van der Waals surface area contributed by atoms with Crippen LogP contribution in [0.5, 0.6) is 0 Å². The second kappa shape index (κ2) is 6.44. The molecule has 3 nitrogen and oxygen atoms in total. The van der Waals surface area contributed by atoms with Crippen molar-refractivity contribution in [2.75, 3.05) is 0 Å². The summed E-state index contributed by atoms with van der Waals surface area (Å²) in [5, 5.41) is 2.19. The van der Waals surface area contributed by atoms with Crippen LogP contribution in [0, 0.1) is 0 Å². The normalized spacial score (nSPS) is 12.7. The third-order valence-corrected chi connectivity index (χ3v) is 3.69. The van der Waals surface area contributed by atoms with Gasteiger partial charge in [-0.1, -0.05) is 29.8 Å². The molecule has 0 aliphatic carbocycles. The fourth-order valence-electron chi connectivity index (χ4n) is 1.63. The zero-order valence-electron chi connectivity index (χ0n) is 10.6. The first-order chi connectivity index (χ1) is 9.85. The summed E-state index contributed by atoms with van der Waals surface area (Å²) < 4.78 is 38.0. The third kappa shape index (κ3) is 4.71. The molecule has 0 N–H and O–H groups in total. The van der Waals surface area contributed by atoms with Gasteiger partial charge in [0.1, 0.15) is 6.42 Å². The minimum Gasteiger partial charge on any atom is -0.319 e. The van der Waals surface area contributed by atoms with Gasteiger partial charge in [-0.25, -0.2) is 0 Å². The van der Waals surface area contributed by atoms with E-state index in [9.17, 15) is 18.0 Å². The van der Waals surface area contributed by atoms with Crippen molar-refractivity contribution in [1.82, 2.24) is 4.57 Å². The molecule has 0 spiro atoms. The molecule has 1 heterocycles. The maximum atomic E-state index is 12.1. The summed E-state index contributed by atoms with van der Waals surface area (Å²) >= 11 is 7.12. The zero-order valence-corrected chi connectivity index (χ0v) is 12.2. The van der Waals surface area contributed by atoms with E-state index in [0.717, 1.165) is 16.9 Å². The Bertz CT molecular complexity index is 706. The van der Waals surface area contributed by atoms with E-state index in [1.165, 1.54) is 0 Å². The van der Waals surface area contributed by atoms with Gasteiger partial charge < -0.3 is 4.57 Å². The van der Waals surface area contributed by atoms with Gasteiger partial charge in [-0.3, -0.25) is 4.79 Å². The first-order valence-electron chi connectivity index (χ1n) is 5.87. The predicted molar refractivity (Wildman–Crippen MR) is 74.1 cm³/mol. The van der Waals surface area contributed by atoms with Crippen molar-refractivity contribution in [3.05, 3.63) is 51.2 Å². The lowest BCUT2D eigenvalue weighted by Crippen LogP contribution is -2.20. The Balaban J connectivity index is 2.23. The quantitative estimate of drug-likeness (QED) is 0.844. The molecule has 0 atom stereocenters. The van der Waals surface area contributed by atoms with E-state index < -0.39 is 18.5 Å². The molecule has 2 aromatic rings. The summed E-state index contributed by atoms with van der Waals surface area (Å²) in [5.74, 6) is -1.21. The molecule has 0 aliphatic rings. The lowest BCUT2D eigenvalue weighted by Gasteiger charge is -2.05. The van der Waals surface area contributed by atoms with Crippen LogP contribution < -0.4 is 4.80 Å². The number of benzene rings is 1. The summed E-state index contributed by atoms with van der Waals surface area (Å²) in [6.07, 6.45) is -4.46. The molecule has 8 heteroatoms. The second-order valence-corrected chi connectivity index (χ2v) is 5.48. The van der Waals surface area contributed by atoms with Gasteiger partial charge in [-0.15, -0.1) is 11.3 Å². The molecule has 0 unspecified atom stereocenters. The number of halogens is 4. The number of nitrogens with zero attached hydrogens (tertiary/aromatic N) is 2. The molecule has 21 heavy (non-hydrogen) atoms. The number of amides is 1. The number of hydrogen-bond donors (Lipinski definition) is 0. The summed E-state index contributed by atoms with van der Waals surface area (Å²) in [6.45, 7) is 0.335. The van der Waals surface area contributed by atoms with E-state index in [0.29, 0.717) is 11.6 Å². The summed E-state index contributed by atoms with van der Waals surface area (Å²) in [4.78, 5) is 15.0. The molecule has 0 saturated heterocycles.